The van der Waals surface area contributed by atoms with Crippen LogP contribution in [-0.2, 0) is 6.61 Å². The molecule has 4 heteroatoms. The molecule has 3 nitrogen and oxygen atoms in total. The molecule has 0 atom stereocenters. The Morgan fingerprint density at radius 3 is 2.33 bits per heavy atom. The van der Waals surface area contributed by atoms with Crippen molar-refractivity contribution in [1.29, 1.82) is 0 Å². The summed E-state index contributed by atoms with van der Waals surface area (Å²) in [6, 6.07) is 5.70. The molecular formula is C17H30O3Si. The largest absolute Gasteiger partial charge is 0.541 e. The first-order chi connectivity index (χ1) is 9.71. The van der Waals surface area contributed by atoms with Gasteiger partial charge in [-0.15, -0.1) is 0 Å². The molecule has 0 amide bonds. The van der Waals surface area contributed by atoms with Gasteiger partial charge in [0.15, 0.2) is 5.75 Å². The maximum absolute atomic E-state index is 9.34. The molecule has 0 saturated heterocycles. The lowest BCUT2D eigenvalue weighted by Gasteiger charge is -2.37. The van der Waals surface area contributed by atoms with E-state index in [1.807, 2.05) is 18.2 Å². The van der Waals surface area contributed by atoms with Crippen LogP contribution < -0.4 is 9.16 Å². The van der Waals surface area contributed by atoms with E-state index in [1.54, 1.807) is 0 Å². The summed E-state index contributed by atoms with van der Waals surface area (Å²) in [7, 11) is -1.92. The van der Waals surface area contributed by atoms with Gasteiger partial charge in [0, 0.05) is 0 Å². The molecule has 0 aliphatic heterocycles. The summed E-state index contributed by atoms with van der Waals surface area (Å²) in [5.74, 6) is 1.55. The number of unbranched alkanes of at least 4 members (excludes halogenated alkanes) is 1. The quantitative estimate of drug-likeness (QED) is 0.584. The van der Waals surface area contributed by atoms with Gasteiger partial charge in [0.25, 0.3) is 8.32 Å². The summed E-state index contributed by atoms with van der Waals surface area (Å²) >= 11 is 0. The minimum Gasteiger partial charge on any atom is -0.541 e. The van der Waals surface area contributed by atoms with Crippen molar-refractivity contribution < 1.29 is 14.3 Å². The van der Waals surface area contributed by atoms with Gasteiger partial charge in [0.2, 0.25) is 0 Å². The van der Waals surface area contributed by atoms with Crippen LogP contribution in [-0.4, -0.2) is 20.0 Å². The Kier molecular flexibility index (Phi) is 6.29. The van der Waals surface area contributed by atoms with Gasteiger partial charge < -0.3 is 14.3 Å². The molecule has 0 bridgehead atoms. The molecule has 0 saturated carbocycles. The van der Waals surface area contributed by atoms with Crippen molar-refractivity contribution in [2.75, 3.05) is 6.61 Å². The summed E-state index contributed by atoms with van der Waals surface area (Å²) in [5.41, 5.74) is 0.853. The van der Waals surface area contributed by atoms with Gasteiger partial charge in [-0.05, 0) is 42.2 Å². The zero-order chi connectivity index (χ0) is 16.1. The number of aliphatic hydroxyl groups is 1. The Labute approximate surface area is 130 Å². The van der Waals surface area contributed by atoms with Gasteiger partial charge >= 0.3 is 0 Å². The predicted octanol–water partition coefficient (Wildman–Crippen LogP) is 4.74. The molecule has 0 radical (unpaired) electrons. The molecule has 0 heterocycles. The summed E-state index contributed by atoms with van der Waals surface area (Å²) in [5, 5.41) is 9.47. The molecule has 0 aliphatic carbocycles. The second-order valence-electron chi connectivity index (χ2n) is 7.00. The van der Waals surface area contributed by atoms with E-state index in [-0.39, 0.29) is 11.6 Å². The van der Waals surface area contributed by atoms with Crippen molar-refractivity contribution in [1.82, 2.24) is 0 Å². The minimum absolute atomic E-state index is 0.0170. The highest BCUT2D eigenvalue weighted by Gasteiger charge is 2.39. The van der Waals surface area contributed by atoms with Gasteiger partial charge in [-0.1, -0.05) is 40.2 Å². The van der Waals surface area contributed by atoms with Gasteiger partial charge in [0.05, 0.1) is 13.2 Å². The lowest BCUT2D eigenvalue weighted by atomic mass is 10.2. The second kappa shape index (κ2) is 7.32. The predicted molar refractivity (Wildman–Crippen MR) is 90.6 cm³/mol. The van der Waals surface area contributed by atoms with E-state index in [0.29, 0.717) is 6.61 Å². The van der Waals surface area contributed by atoms with Crippen LogP contribution in [0, 0.1) is 0 Å². The van der Waals surface area contributed by atoms with Crippen LogP contribution >= 0.6 is 0 Å². The molecule has 1 aromatic carbocycles. The summed E-state index contributed by atoms with van der Waals surface area (Å²) in [6.07, 6.45) is 2.13. The molecule has 21 heavy (non-hydrogen) atoms. The molecule has 0 aliphatic rings. The van der Waals surface area contributed by atoms with Crippen LogP contribution in [0.1, 0.15) is 46.1 Å². The van der Waals surface area contributed by atoms with Crippen molar-refractivity contribution >= 4 is 8.32 Å². The van der Waals surface area contributed by atoms with Crippen LogP contribution in [0.25, 0.3) is 0 Å². The third-order valence-corrected chi connectivity index (χ3v) is 8.46. The minimum atomic E-state index is -1.92. The van der Waals surface area contributed by atoms with Crippen LogP contribution in [0.15, 0.2) is 18.2 Å². The van der Waals surface area contributed by atoms with Crippen LogP contribution in [0.2, 0.25) is 18.1 Å². The molecule has 0 spiro atoms. The number of aliphatic hydroxyl groups excluding tert-OH is 1. The van der Waals surface area contributed by atoms with E-state index in [1.165, 1.54) is 0 Å². The van der Waals surface area contributed by atoms with Gasteiger partial charge in [-0.2, -0.15) is 0 Å². The maximum atomic E-state index is 9.34. The summed E-state index contributed by atoms with van der Waals surface area (Å²) in [4.78, 5) is 0. The van der Waals surface area contributed by atoms with Gasteiger partial charge in [-0.25, -0.2) is 0 Å². The highest BCUT2D eigenvalue weighted by atomic mass is 28.4. The molecule has 1 aromatic rings. The molecule has 0 fully saturated rings. The average Bonchev–Trinajstić information content (AvgIpc) is 2.39. The average molecular weight is 311 g/mol. The normalized spacial score (nSPS) is 12.3. The van der Waals surface area contributed by atoms with Gasteiger partial charge in [0.1, 0.15) is 5.75 Å². The molecule has 1 N–H and O–H groups in total. The Balaban J connectivity index is 3.01. The monoisotopic (exact) mass is 310 g/mol. The van der Waals surface area contributed by atoms with Crippen molar-refractivity contribution in [2.45, 2.75) is 65.3 Å². The maximum Gasteiger partial charge on any atom is 0.250 e. The third kappa shape index (κ3) is 5.04. The third-order valence-electron chi connectivity index (χ3n) is 4.12. The smallest absolute Gasteiger partial charge is 0.250 e. The fourth-order valence-electron chi connectivity index (χ4n) is 1.60. The van der Waals surface area contributed by atoms with Crippen molar-refractivity contribution in [3.05, 3.63) is 23.8 Å². The molecule has 0 aromatic heterocycles. The van der Waals surface area contributed by atoms with E-state index in [2.05, 4.69) is 40.8 Å². The van der Waals surface area contributed by atoms with Crippen molar-refractivity contribution in [2.24, 2.45) is 0 Å². The standard InChI is InChI=1S/C17H30O3Si/c1-7-8-11-19-15-10-9-14(13-18)12-16(15)20-21(5,6)17(2,3)4/h9-10,12,18H,7-8,11,13H2,1-6H3. The van der Waals surface area contributed by atoms with Crippen molar-refractivity contribution in [3.63, 3.8) is 0 Å². The van der Waals surface area contributed by atoms with Crippen LogP contribution in [0.3, 0.4) is 0 Å². The first-order valence-electron chi connectivity index (χ1n) is 7.77. The molecule has 0 unspecified atom stereocenters. The number of benzene rings is 1. The zero-order valence-corrected chi connectivity index (χ0v) is 15.3. The van der Waals surface area contributed by atoms with E-state index >= 15 is 0 Å². The van der Waals surface area contributed by atoms with Crippen LogP contribution in [0.5, 0.6) is 11.5 Å². The Morgan fingerprint density at radius 2 is 1.81 bits per heavy atom. The first-order valence-corrected chi connectivity index (χ1v) is 10.7. The Morgan fingerprint density at radius 1 is 1.14 bits per heavy atom. The SMILES string of the molecule is CCCCOc1ccc(CO)cc1O[Si](C)(C)C(C)(C)C. The second-order valence-corrected chi connectivity index (χ2v) is 11.7. The van der Waals surface area contributed by atoms with E-state index in [4.69, 9.17) is 9.16 Å². The summed E-state index contributed by atoms with van der Waals surface area (Å²) in [6.45, 7) is 13.9. The molecular weight excluding hydrogens is 280 g/mol. The molecule has 120 valence electrons. The number of ether oxygens (including phenoxy) is 1. The molecule has 1 rings (SSSR count). The number of hydrogen-bond donors (Lipinski definition) is 1. The van der Waals surface area contributed by atoms with Crippen LogP contribution in [0.4, 0.5) is 0 Å². The lowest BCUT2D eigenvalue weighted by molar-refractivity contribution is 0.279. The van der Waals surface area contributed by atoms with E-state index in [0.717, 1.165) is 29.9 Å². The van der Waals surface area contributed by atoms with E-state index in [9.17, 15) is 5.11 Å². The topological polar surface area (TPSA) is 38.7 Å². The van der Waals surface area contributed by atoms with E-state index < -0.39 is 8.32 Å². The van der Waals surface area contributed by atoms with Crippen molar-refractivity contribution in [3.8, 4) is 11.5 Å². The highest BCUT2D eigenvalue weighted by Crippen LogP contribution is 2.40. The highest BCUT2D eigenvalue weighted by molar-refractivity contribution is 6.74. The fraction of sp³-hybridized carbons (Fsp3) is 0.647. The number of rotatable bonds is 7. The Hall–Kier alpha value is -1.00. The number of hydrogen-bond acceptors (Lipinski definition) is 3. The Bertz CT molecular complexity index is 450. The van der Waals surface area contributed by atoms with Gasteiger partial charge in [-0.3, -0.25) is 0 Å². The first kappa shape index (κ1) is 18.0. The zero-order valence-electron chi connectivity index (χ0n) is 14.3. The fourth-order valence-corrected chi connectivity index (χ4v) is 2.62. The summed E-state index contributed by atoms with van der Waals surface area (Å²) < 4.78 is 12.2. The lowest BCUT2D eigenvalue weighted by Crippen LogP contribution is -2.44.